The molecule has 0 spiro atoms. The smallest absolute Gasteiger partial charge is 0.118 e. The SMILES string of the molecule is COc1ccc(Cc2cccc(CCCCC(C)CO)c2)cc1. The molecular formula is C21H28O2. The standard InChI is InChI=1S/C21H28O2/c1-17(16-22)6-3-4-7-18-8-5-9-20(14-18)15-19-10-12-21(23-2)13-11-19/h5,8-14,17,22H,3-4,6-7,15-16H2,1-2H3. The van der Waals surface area contributed by atoms with Gasteiger partial charge in [0.2, 0.25) is 0 Å². The number of aryl methyl sites for hydroxylation is 1. The number of aliphatic hydroxyl groups is 1. The van der Waals surface area contributed by atoms with E-state index in [0.717, 1.165) is 25.0 Å². The van der Waals surface area contributed by atoms with Gasteiger partial charge in [-0.05, 0) is 60.4 Å². The Hall–Kier alpha value is -1.80. The zero-order valence-corrected chi connectivity index (χ0v) is 14.3. The Morgan fingerprint density at radius 3 is 2.39 bits per heavy atom. The second kappa shape index (κ2) is 9.36. The zero-order chi connectivity index (χ0) is 16.5. The van der Waals surface area contributed by atoms with E-state index >= 15 is 0 Å². The first-order valence-electron chi connectivity index (χ1n) is 8.53. The van der Waals surface area contributed by atoms with Crippen molar-refractivity contribution in [3.63, 3.8) is 0 Å². The van der Waals surface area contributed by atoms with Crippen LogP contribution in [-0.4, -0.2) is 18.8 Å². The van der Waals surface area contributed by atoms with Gasteiger partial charge >= 0.3 is 0 Å². The molecule has 2 aromatic rings. The molecule has 1 atom stereocenters. The lowest BCUT2D eigenvalue weighted by Crippen LogP contribution is -2.00. The molecule has 0 aliphatic rings. The van der Waals surface area contributed by atoms with Crippen LogP contribution in [0.2, 0.25) is 0 Å². The number of benzene rings is 2. The molecule has 1 N–H and O–H groups in total. The lowest BCUT2D eigenvalue weighted by Gasteiger charge is -2.08. The van der Waals surface area contributed by atoms with E-state index in [2.05, 4.69) is 43.3 Å². The van der Waals surface area contributed by atoms with Crippen LogP contribution in [0.25, 0.3) is 0 Å². The Morgan fingerprint density at radius 1 is 0.957 bits per heavy atom. The normalized spacial score (nSPS) is 12.1. The molecule has 0 aliphatic carbocycles. The van der Waals surface area contributed by atoms with Crippen LogP contribution < -0.4 is 4.74 Å². The highest BCUT2D eigenvalue weighted by Gasteiger charge is 2.02. The molecule has 23 heavy (non-hydrogen) atoms. The highest BCUT2D eigenvalue weighted by molar-refractivity contribution is 5.33. The summed E-state index contributed by atoms with van der Waals surface area (Å²) in [4.78, 5) is 0. The van der Waals surface area contributed by atoms with Crippen LogP contribution in [-0.2, 0) is 12.8 Å². The molecule has 0 radical (unpaired) electrons. The van der Waals surface area contributed by atoms with Gasteiger partial charge in [0.1, 0.15) is 5.75 Å². The number of hydrogen-bond donors (Lipinski definition) is 1. The summed E-state index contributed by atoms with van der Waals surface area (Å²) in [6.07, 6.45) is 5.57. The average Bonchev–Trinajstić information content (AvgIpc) is 2.59. The first-order valence-corrected chi connectivity index (χ1v) is 8.53. The molecule has 124 valence electrons. The second-order valence-electron chi connectivity index (χ2n) is 6.38. The number of rotatable bonds is 9. The van der Waals surface area contributed by atoms with E-state index in [1.54, 1.807) is 7.11 Å². The van der Waals surface area contributed by atoms with E-state index in [9.17, 15) is 0 Å². The van der Waals surface area contributed by atoms with Gasteiger partial charge in [-0.25, -0.2) is 0 Å². The van der Waals surface area contributed by atoms with Gasteiger partial charge in [0, 0.05) is 6.61 Å². The Bertz CT molecular complexity index is 575. The van der Waals surface area contributed by atoms with Crippen molar-refractivity contribution in [3.8, 4) is 5.75 Å². The van der Waals surface area contributed by atoms with Gasteiger partial charge in [-0.2, -0.15) is 0 Å². The minimum atomic E-state index is 0.303. The van der Waals surface area contributed by atoms with Gasteiger partial charge in [-0.15, -0.1) is 0 Å². The Balaban J connectivity index is 1.86. The number of unbranched alkanes of at least 4 members (excludes halogenated alkanes) is 1. The van der Waals surface area contributed by atoms with E-state index in [0.29, 0.717) is 12.5 Å². The molecule has 2 heteroatoms. The third kappa shape index (κ3) is 6.07. The van der Waals surface area contributed by atoms with E-state index in [-0.39, 0.29) is 0 Å². The largest absolute Gasteiger partial charge is 0.497 e. The molecule has 0 aliphatic heterocycles. The molecule has 2 rings (SSSR count). The molecule has 0 aromatic heterocycles. The fraction of sp³-hybridized carbons (Fsp3) is 0.429. The maximum atomic E-state index is 9.05. The minimum Gasteiger partial charge on any atom is -0.497 e. The van der Waals surface area contributed by atoms with E-state index < -0.39 is 0 Å². The van der Waals surface area contributed by atoms with Gasteiger partial charge in [-0.1, -0.05) is 49.7 Å². The summed E-state index contributed by atoms with van der Waals surface area (Å²) in [7, 11) is 1.69. The van der Waals surface area contributed by atoms with Crippen molar-refractivity contribution in [3.05, 3.63) is 65.2 Å². The molecule has 1 unspecified atom stereocenters. The Labute approximate surface area is 140 Å². The van der Waals surface area contributed by atoms with Gasteiger partial charge in [-0.3, -0.25) is 0 Å². The van der Waals surface area contributed by atoms with Gasteiger partial charge in [0.15, 0.2) is 0 Å². The van der Waals surface area contributed by atoms with Crippen molar-refractivity contribution in [1.29, 1.82) is 0 Å². The predicted molar refractivity (Wildman–Crippen MR) is 96.0 cm³/mol. The topological polar surface area (TPSA) is 29.5 Å². The predicted octanol–water partition coefficient (Wildman–Crippen LogP) is 4.63. The molecule has 2 aromatic carbocycles. The second-order valence-corrected chi connectivity index (χ2v) is 6.38. The molecule has 2 nitrogen and oxygen atoms in total. The lowest BCUT2D eigenvalue weighted by atomic mass is 9.98. The molecule has 0 fully saturated rings. The van der Waals surface area contributed by atoms with Crippen LogP contribution in [0.3, 0.4) is 0 Å². The summed E-state index contributed by atoms with van der Waals surface area (Å²) < 4.78 is 5.20. The Morgan fingerprint density at radius 2 is 1.70 bits per heavy atom. The number of methoxy groups -OCH3 is 1. The van der Waals surface area contributed by atoms with Gasteiger partial charge in [0.05, 0.1) is 7.11 Å². The highest BCUT2D eigenvalue weighted by Crippen LogP contribution is 2.17. The average molecular weight is 312 g/mol. The van der Waals surface area contributed by atoms with Crippen LogP contribution in [0.4, 0.5) is 0 Å². The summed E-state index contributed by atoms with van der Waals surface area (Å²) in [5.74, 6) is 1.33. The highest BCUT2D eigenvalue weighted by atomic mass is 16.5. The van der Waals surface area contributed by atoms with Crippen molar-refractivity contribution < 1.29 is 9.84 Å². The fourth-order valence-electron chi connectivity index (χ4n) is 2.79. The van der Waals surface area contributed by atoms with E-state index in [1.165, 1.54) is 29.5 Å². The fourth-order valence-corrected chi connectivity index (χ4v) is 2.79. The van der Waals surface area contributed by atoms with Gasteiger partial charge in [0.25, 0.3) is 0 Å². The molecule has 0 saturated heterocycles. The third-order valence-electron chi connectivity index (χ3n) is 4.28. The van der Waals surface area contributed by atoms with Crippen molar-refractivity contribution in [1.82, 2.24) is 0 Å². The maximum absolute atomic E-state index is 9.05. The number of ether oxygens (including phenoxy) is 1. The molecule has 0 saturated carbocycles. The Kier molecular flexibility index (Phi) is 7.15. The van der Waals surface area contributed by atoms with Gasteiger partial charge < -0.3 is 9.84 Å². The van der Waals surface area contributed by atoms with Crippen LogP contribution >= 0.6 is 0 Å². The number of hydrogen-bond acceptors (Lipinski definition) is 2. The zero-order valence-electron chi connectivity index (χ0n) is 14.3. The number of aliphatic hydroxyl groups excluding tert-OH is 1. The summed E-state index contributed by atoms with van der Waals surface area (Å²) in [6.45, 7) is 2.41. The molecular weight excluding hydrogens is 284 g/mol. The monoisotopic (exact) mass is 312 g/mol. The van der Waals surface area contributed by atoms with Crippen molar-refractivity contribution in [2.45, 2.75) is 39.0 Å². The summed E-state index contributed by atoms with van der Waals surface area (Å²) in [6, 6.07) is 17.2. The maximum Gasteiger partial charge on any atom is 0.118 e. The lowest BCUT2D eigenvalue weighted by molar-refractivity contribution is 0.227. The summed E-state index contributed by atoms with van der Waals surface area (Å²) in [5, 5.41) is 9.05. The van der Waals surface area contributed by atoms with Crippen molar-refractivity contribution >= 4 is 0 Å². The van der Waals surface area contributed by atoms with Crippen LogP contribution in [0.1, 0.15) is 42.9 Å². The van der Waals surface area contributed by atoms with Crippen molar-refractivity contribution in [2.75, 3.05) is 13.7 Å². The molecule has 0 bridgehead atoms. The molecule has 0 amide bonds. The first-order chi connectivity index (χ1) is 11.2. The van der Waals surface area contributed by atoms with E-state index in [1.807, 2.05) is 12.1 Å². The molecule has 0 heterocycles. The first kappa shape index (κ1) is 17.6. The summed E-state index contributed by atoms with van der Waals surface area (Å²) in [5.41, 5.74) is 4.07. The van der Waals surface area contributed by atoms with Crippen molar-refractivity contribution in [2.24, 2.45) is 5.92 Å². The minimum absolute atomic E-state index is 0.303. The van der Waals surface area contributed by atoms with Crippen LogP contribution in [0.5, 0.6) is 5.75 Å². The van der Waals surface area contributed by atoms with Crippen LogP contribution in [0, 0.1) is 5.92 Å². The quantitative estimate of drug-likeness (QED) is 0.684. The summed E-state index contributed by atoms with van der Waals surface area (Å²) >= 11 is 0. The van der Waals surface area contributed by atoms with Crippen LogP contribution in [0.15, 0.2) is 48.5 Å². The van der Waals surface area contributed by atoms with E-state index in [4.69, 9.17) is 9.84 Å². The third-order valence-corrected chi connectivity index (χ3v) is 4.28.